The Hall–Kier alpha value is -2.40. The number of nitrogens with zero attached hydrogens (tertiary/aromatic N) is 1. The maximum Gasteiger partial charge on any atom is 0.235 e. The first-order valence-electron chi connectivity index (χ1n) is 11.1. The zero-order valence-electron chi connectivity index (χ0n) is 18.1. The fourth-order valence-corrected chi connectivity index (χ4v) is 4.35. The third kappa shape index (κ3) is 5.20. The van der Waals surface area contributed by atoms with Crippen LogP contribution in [0.5, 0.6) is 5.75 Å². The van der Waals surface area contributed by atoms with Crippen molar-refractivity contribution in [2.45, 2.75) is 51.4 Å². The van der Waals surface area contributed by atoms with Crippen LogP contribution in [0.1, 0.15) is 51.5 Å². The summed E-state index contributed by atoms with van der Waals surface area (Å²) in [6, 6.07) is 14.1. The highest BCUT2D eigenvalue weighted by atomic mass is 19.1. The van der Waals surface area contributed by atoms with Crippen LogP contribution in [-0.2, 0) is 10.2 Å². The lowest BCUT2D eigenvalue weighted by atomic mass is 9.77. The summed E-state index contributed by atoms with van der Waals surface area (Å²) < 4.78 is 20.3. The average Bonchev–Trinajstić information content (AvgIpc) is 3.26. The van der Waals surface area contributed by atoms with Crippen LogP contribution in [0.15, 0.2) is 48.5 Å². The van der Waals surface area contributed by atoms with Gasteiger partial charge in [0.15, 0.2) is 0 Å². The number of amides is 1. The van der Waals surface area contributed by atoms with Crippen molar-refractivity contribution in [3.63, 3.8) is 0 Å². The minimum Gasteiger partial charge on any atom is -0.494 e. The van der Waals surface area contributed by atoms with Gasteiger partial charge < -0.3 is 15.0 Å². The maximum atomic E-state index is 14.5. The Morgan fingerprint density at radius 1 is 1.07 bits per heavy atom. The van der Waals surface area contributed by atoms with Crippen LogP contribution in [-0.4, -0.2) is 37.0 Å². The number of halogens is 1. The van der Waals surface area contributed by atoms with E-state index in [2.05, 4.69) is 24.1 Å². The molecule has 3 rings (SSSR count). The van der Waals surface area contributed by atoms with Crippen molar-refractivity contribution in [1.29, 1.82) is 0 Å². The number of anilines is 1. The lowest BCUT2D eigenvalue weighted by Gasteiger charge is -2.28. The lowest BCUT2D eigenvalue weighted by Crippen LogP contribution is -2.38. The van der Waals surface area contributed by atoms with E-state index in [1.54, 1.807) is 18.2 Å². The number of carbonyl (C=O) groups excluding carboxylic acids is 1. The molecule has 4 nitrogen and oxygen atoms in total. The van der Waals surface area contributed by atoms with Crippen molar-refractivity contribution in [2.24, 2.45) is 0 Å². The van der Waals surface area contributed by atoms with Gasteiger partial charge in [0.2, 0.25) is 5.91 Å². The van der Waals surface area contributed by atoms with Crippen LogP contribution in [0.3, 0.4) is 0 Å². The molecular formula is C25H33FN2O2. The van der Waals surface area contributed by atoms with Gasteiger partial charge in [0.1, 0.15) is 11.6 Å². The predicted molar refractivity (Wildman–Crippen MR) is 120 cm³/mol. The predicted octanol–water partition coefficient (Wildman–Crippen LogP) is 5.39. The minimum atomic E-state index is -0.787. The van der Waals surface area contributed by atoms with Gasteiger partial charge in [0.05, 0.1) is 12.0 Å². The summed E-state index contributed by atoms with van der Waals surface area (Å²) in [5.74, 6) is 0.359. The van der Waals surface area contributed by atoms with Crippen LogP contribution in [0, 0.1) is 5.82 Å². The SMILES string of the molecule is CCN(CC)CCCOc1ccc(NC(=O)C2(c3ccccc3F)CCCC2)cc1. The first-order chi connectivity index (χ1) is 14.6. The Labute approximate surface area is 179 Å². The largest absolute Gasteiger partial charge is 0.494 e. The van der Waals surface area contributed by atoms with Crippen molar-refractivity contribution in [3.05, 3.63) is 59.9 Å². The highest BCUT2D eigenvalue weighted by molar-refractivity contribution is 5.99. The van der Waals surface area contributed by atoms with E-state index < -0.39 is 5.41 Å². The molecule has 5 heteroatoms. The Kier molecular flexibility index (Phi) is 7.86. The van der Waals surface area contributed by atoms with Crippen LogP contribution in [0.25, 0.3) is 0 Å². The average molecular weight is 413 g/mol. The molecule has 0 atom stereocenters. The number of ether oxygens (including phenoxy) is 1. The topological polar surface area (TPSA) is 41.6 Å². The molecule has 1 saturated carbocycles. The molecular weight excluding hydrogens is 379 g/mol. The van der Waals surface area contributed by atoms with E-state index in [0.29, 0.717) is 30.7 Å². The summed E-state index contributed by atoms with van der Waals surface area (Å²) in [5, 5.41) is 3.01. The highest BCUT2D eigenvalue weighted by Crippen LogP contribution is 2.43. The lowest BCUT2D eigenvalue weighted by molar-refractivity contribution is -0.121. The second-order valence-corrected chi connectivity index (χ2v) is 7.98. The van der Waals surface area contributed by atoms with Gasteiger partial charge in [0.25, 0.3) is 0 Å². The fourth-order valence-electron chi connectivity index (χ4n) is 4.35. The molecule has 1 N–H and O–H groups in total. The van der Waals surface area contributed by atoms with Crippen molar-refractivity contribution < 1.29 is 13.9 Å². The van der Waals surface area contributed by atoms with E-state index in [9.17, 15) is 9.18 Å². The molecule has 30 heavy (non-hydrogen) atoms. The Morgan fingerprint density at radius 2 is 1.73 bits per heavy atom. The number of benzene rings is 2. The molecule has 162 valence electrons. The second kappa shape index (κ2) is 10.6. The van der Waals surface area contributed by atoms with Crippen molar-refractivity contribution in [1.82, 2.24) is 4.90 Å². The van der Waals surface area contributed by atoms with E-state index in [-0.39, 0.29) is 11.7 Å². The van der Waals surface area contributed by atoms with Gasteiger partial charge >= 0.3 is 0 Å². The number of hydrogen-bond acceptors (Lipinski definition) is 3. The van der Waals surface area contributed by atoms with Gasteiger partial charge in [-0.3, -0.25) is 4.79 Å². The van der Waals surface area contributed by atoms with Crippen molar-refractivity contribution in [3.8, 4) is 5.75 Å². The molecule has 0 unspecified atom stereocenters. The van der Waals surface area contributed by atoms with Crippen LogP contribution in [0.2, 0.25) is 0 Å². The highest BCUT2D eigenvalue weighted by Gasteiger charge is 2.44. The van der Waals surface area contributed by atoms with E-state index >= 15 is 0 Å². The second-order valence-electron chi connectivity index (χ2n) is 7.98. The molecule has 0 aromatic heterocycles. The minimum absolute atomic E-state index is 0.127. The zero-order valence-corrected chi connectivity index (χ0v) is 18.1. The third-order valence-electron chi connectivity index (χ3n) is 6.18. The molecule has 0 saturated heterocycles. The summed E-state index contributed by atoms with van der Waals surface area (Å²) in [5.41, 5.74) is 0.427. The number of rotatable bonds is 10. The van der Waals surface area contributed by atoms with Crippen molar-refractivity contribution in [2.75, 3.05) is 31.6 Å². The fraction of sp³-hybridized carbons (Fsp3) is 0.480. The quantitative estimate of drug-likeness (QED) is 0.532. The molecule has 1 aliphatic carbocycles. The summed E-state index contributed by atoms with van der Waals surface area (Å²) in [4.78, 5) is 15.6. The van der Waals surface area contributed by atoms with Gasteiger partial charge in [-0.05, 0) is 62.7 Å². The van der Waals surface area contributed by atoms with Gasteiger partial charge in [0, 0.05) is 17.8 Å². The number of hydrogen-bond donors (Lipinski definition) is 1. The summed E-state index contributed by atoms with van der Waals surface area (Å²) >= 11 is 0. The number of nitrogens with one attached hydrogen (secondary N) is 1. The molecule has 0 spiro atoms. The summed E-state index contributed by atoms with van der Waals surface area (Å²) in [6.07, 6.45) is 4.19. The third-order valence-corrected chi connectivity index (χ3v) is 6.18. The van der Waals surface area contributed by atoms with E-state index in [0.717, 1.165) is 44.6 Å². The molecule has 0 heterocycles. The van der Waals surface area contributed by atoms with Gasteiger partial charge in [-0.25, -0.2) is 4.39 Å². The maximum absolute atomic E-state index is 14.5. The monoisotopic (exact) mass is 412 g/mol. The summed E-state index contributed by atoms with van der Waals surface area (Å²) in [6.45, 7) is 8.13. The van der Waals surface area contributed by atoms with Crippen LogP contribution in [0.4, 0.5) is 10.1 Å². The van der Waals surface area contributed by atoms with Gasteiger partial charge in [-0.15, -0.1) is 0 Å². The normalized spacial score (nSPS) is 15.3. The molecule has 1 amide bonds. The van der Waals surface area contributed by atoms with Crippen LogP contribution < -0.4 is 10.1 Å². The molecule has 2 aromatic carbocycles. The first kappa shape index (κ1) is 22.3. The van der Waals surface area contributed by atoms with E-state index in [4.69, 9.17) is 4.74 Å². The smallest absolute Gasteiger partial charge is 0.235 e. The van der Waals surface area contributed by atoms with Gasteiger partial charge in [-0.1, -0.05) is 44.9 Å². The Morgan fingerprint density at radius 3 is 2.37 bits per heavy atom. The summed E-state index contributed by atoms with van der Waals surface area (Å²) in [7, 11) is 0. The molecule has 0 aliphatic heterocycles. The first-order valence-corrected chi connectivity index (χ1v) is 11.1. The standard InChI is InChI=1S/C25H33FN2O2/c1-3-28(4-2)18-9-19-30-21-14-12-20(13-15-21)27-24(29)25(16-7-8-17-25)22-10-5-6-11-23(22)26/h5-6,10-15H,3-4,7-9,16-19H2,1-2H3,(H,27,29). The van der Waals surface area contributed by atoms with E-state index in [1.807, 2.05) is 24.3 Å². The van der Waals surface area contributed by atoms with E-state index in [1.165, 1.54) is 6.07 Å². The molecule has 1 fully saturated rings. The van der Waals surface area contributed by atoms with Gasteiger partial charge in [-0.2, -0.15) is 0 Å². The van der Waals surface area contributed by atoms with Crippen LogP contribution >= 0.6 is 0 Å². The van der Waals surface area contributed by atoms with Crippen molar-refractivity contribution >= 4 is 11.6 Å². The Balaban J connectivity index is 1.59. The number of carbonyl (C=O) groups is 1. The molecule has 0 radical (unpaired) electrons. The molecule has 1 aliphatic rings. The molecule has 0 bridgehead atoms. The Bertz CT molecular complexity index is 812. The molecule has 2 aromatic rings. The zero-order chi connectivity index (χ0) is 21.4.